The maximum atomic E-state index is 12.4. The molecule has 23 heavy (non-hydrogen) atoms. The summed E-state index contributed by atoms with van der Waals surface area (Å²) >= 11 is 7.46. The maximum Gasteiger partial charge on any atom is 0.341 e. The van der Waals surface area contributed by atoms with Gasteiger partial charge < -0.3 is 10.1 Å². The molecule has 0 saturated heterocycles. The van der Waals surface area contributed by atoms with Gasteiger partial charge in [-0.2, -0.15) is 5.10 Å². The number of hydrogen-bond donors (Lipinski definition) is 1. The standard InChI is InChI=1S/C15H18ClN3O3S/c1-6-22-15(21)10-7(2)9(4)23-14(10)17-13(20)12-11(16)8(3)19(5)18-12/h6H2,1-5H3,(H,17,20). The number of carbonyl (C=O) groups excluding carboxylic acids is 2. The van der Waals surface area contributed by atoms with Gasteiger partial charge in [0.05, 0.1) is 22.9 Å². The van der Waals surface area contributed by atoms with Crippen LogP contribution in [0.25, 0.3) is 0 Å². The van der Waals surface area contributed by atoms with Crippen molar-refractivity contribution in [2.45, 2.75) is 27.7 Å². The summed E-state index contributed by atoms with van der Waals surface area (Å²) in [4.78, 5) is 25.5. The number of aryl methyl sites for hydroxylation is 2. The first kappa shape index (κ1) is 17.5. The molecular weight excluding hydrogens is 338 g/mol. The molecule has 1 N–H and O–H groups in total. The molecule has 8 heteroatoms. The summed E-state index contributed by atoms with van der Waals surface area (Å²) in [5.74, 6) is -0.904. The summed E-state index contributed by atoms with van der Waals surface area (Å²) in [5.41, 5.74) is 2.00. The number of halogens is 1. The number of anilines is 1. The minimum absolute atomic E-state index is 0.130. The third-order valence-electron chi connectivity index (χ3n) is 3.57. The summed E-state index contributed by atoms with van der Waals surface area (Å²) in [5, 5.41) is 7.58. The van der Waals surface area contributed by atoms with Crippen molar-refractivity contribution >= 4 is 39.8 Å². The molecule has 0 aromatic carbocycles. The summed E-state index contributed by atoms with van der Waals surface area (Å²) < 4.78 is 6.60. The number of ether oxygens (including phenoxy) is 1. The lowest BCUT2D eigenvalue weighted by atomic mass is 10.1. The molecule has 0 spiro atoms. The highest BCUT2D eigenvalue weighted by Gasteiger charge is 2.24. The number of rotatable bonds is 4. The molecule has 2 heterocycles. The molecule has 0 bridgehead atoms. The number of amides is 1. The van der Waals surface area contributed by atoms with Gasteiger partial charge in [-0.3, -0.25) is 9.48 Å². The van der Waals surface area contributed by atoms with Gasteiger partial charge in [-0.1, -0.05) is 11.6 Å². The third-order valence-corrected chi connectivity index (χ3v) is 5.14. The molecule has 0 aliphatic heterocycles. The van der Waals surface area contributed by atoms with E-state index in [1.54, 1.807) is 20.9 Å². The van der Waals surface area contributed by atoms with Gasteiger partial charge in [0, 0.05) is 11.9 Å². The Kier molecular flexibility index (Phi) is 5.11. The maximum absolute atomic E-state index is 12.4. The highest BCUT2D eigenvalue weighted by molar-refractivity contribution is 7.16. The van der Waals surface area contributed by atoms with E-state index in [0.29, 0.717) is 21.3 Å². The van der Waals surface area contributed by atoms with Crippen LogP contribution in [-0.2, 0) is 11.8 Å². The predicted octanol–water partition coefficient (Wildman–Crippen LogP) is 3.49. The molecule has 0 radical (unpaired) electrons. The third kappa shape index (κ3) is 3.25. The zero-order chi connectivity index (χ0) is 17.3. The Hall–Kier alpha value is -1.86. The molecule has 0 aliphatic carbocycles. The first-order valence-corrected chi connectivity index (χ1v) is 8.24. The van der Waals surface area contributed by atoms with E-state index in [9.17, 15) is 9.59 Å². The van der Waals surface area contributed by atoms with Crippen LogP contribution in [0.15, 0.2) is 0 Å². The molecule has 2 aromatic rings. The number of aromatic nitrogens is 2. The van der Waals surface area contributed by atoms with Crippen LogP contribution in [0.3, 0.4) is 0 Å². The van der Waals surface area contributed by atoms with Gasteiger partial charge in [0.1, 0.15) is 5.00 Å². The van der Waals surface area contributed by atoms with Gasteiger partial charge in [0.2, 0.25) is 0 Å². The Bertz CT molecular complexity index is 780. The lowest BCUT2D eigenvalue weighted by molar-refractivity contribution is 0.0527. The Morgan fingerprint density at radius 1 is 1.35 bits per heavy atom. The summed E-state index contributed by atoms with van der Waals surface area (Å²) in [6.45, 7) is 7.49. The van der Waals surface area contributed by atoms with E-state index in [-0.39, 0.29) is 12.3 Å². The van der Waals surface area contributed by atoms with Gasteiger partial charge >= 0.3 is 5.97 Å². The fraction of sp³-hybridized carbons (Fsp3) is 0.400. The van der Waals surface area contributed by atoms with Gasteiger partial charge in [-0.25, -0.2) is 4.79 Å². The van der Waals surface area contributed by atoms with Crippen LogP contribution in [0.5, 0.6) is 0 Å². The number of nitrogens with zero attached hydrogens (tertiary/aromatic N) is 2. The van der Waals surface area contributed by atoms with E-state index < -0.39 is 11.9 Å². The van der Waals surface area contributed by atoms with Crippen LogP contribution < -0.4 is 5.32 Å². The average molecular weight is 356 g/mol. The van der Waals surface area contributed by atoms with E-state index >= 15 is 0 Å². The Morgan fingerprint density at radius 2 is 2.00 bits per heavy atom. The highest BCUT2D eigenvalue weighted by atomic mass is 35.5. The largest absolute Gasteiger partial charge is 0.462 e. The number of nitrogens with one attached hydrogen (secondary N) is 1. The fourth-order valence-electron chi connectivity index (χ4n) is 2.05. The van der Waals surface area contributed by atoms with Crippen LogP contribution >= 0.6 is 22.9 Å². The first-order valence-electron chi connectivity index (χ1n) is 7.05. The molecule has 0 aliphatic rings. The zero-order valence-corrected chi connectivity index (χ0v) is 15.2. The predicted molar refractivity (Wildman–Crippen MR) is 90.7 cm³/mol. The van der Waals surface area contributed by atoms with E-state index in [1.807, 2.05) is 13.8 Å². The van der Waals surface area contributed by atoms with Crippen molar-refractivity contribution in [2.24, 2.45) is 7.05 Å². The first-order chi connectivity index (χ1) is 10.8. The van der Waals surface area contributed by atoms with E-state index in [2.05, 4.69) is 10.4 Å². The number of thiophene rings is 1. The van der Waals surface area contributed by atoms with Gasteiger partial charge in [-0.15, -0.1) is 11.3 Å². The average Bonchev–Trinajstić information content (AvgIpc) is 2.90. The Morgan fingerprint density at radius 3 is 2.52 bits per heavy atom. The van der Waals surface area contributed by atoms with Crippen molar-refractivity contribution in [2.75, 3.05) is 11.9 Å². The molecule has 0 unspecified atom stereocenters. The van der Waals surface area contributed by atoms with Crippen LogP contribution in [0.4, 0.5) is 5.00 Å². The highest BCUT2D eigenvalue weighted by Crippen LogP contribution is 2.33. The Balaban J connectivity index is 2.36. The number of esters is 1. The second-order valence-electron chi connectivity index (χ2n) is 5.03. The summed E-state index contributed by atoms with van der Waals surface area (Å²) in [7, 11) is 1.71. The fourth-order valence-corrected chi connectivity index (χ4v) is 3.34. The number of carbonyl (C=O) groups is 2. The molecule has 124 valence electrons. The molecule has 2 rings (SSSR count). The van der Waals surface area contributed by atoms with Crippen LogP contribution in [0, 0.1) is 20.8 Å². The van der Waals surface area contributed by atoms with Crippen molar-refractivity contribution < 1.29 is 14.3 Å². The zero-order valence-electron chi connectivity index (χ0n) is 13.6. The molecule has 6 nitrogen and oxygen atoms in total. The molecule has 0 saturated carbocycles. The van der Waals surface area contributed by atoms with Crippen LogP contribution in [-0.4, -0.2) is 28.3 Å². The molecule has 1 amide bonds. The van der Waals surface area contributed by atoms with Crippen LogP contribution in [0.1, 0.15) is 43.9 Å². The van der Waals surface area contributed by atoms with Crippen molar-refractivity contribution in [3.8, 4) is 0 Å². The normalized spacial score (nSPS) is 10.7. The SMILES string of the molecule is CCOC(=O)c1c(NC(=O)c2nn(C)c(C)c2Cl)sc(C)c1C. The van der Waals surface area contributed by atoms with Crippen LogP contribution in [0.2, 0.25) is 5.02 Å². The second-order valence-corrected chi connectivity index (χ2v) is 6.64. The van der Waals surface area contributed by atoms with Gasteiger partial charge in [-0.05, 0) is 33.3 Å². The monoisotopic (exact) mass is 355 g/mol. The minimum Gasteiger partial charge on any atom is -0.462 e. The molecule has 2 aromatic heterocycles. The Labute approximate surface area is 143 Å². The van der Waals surface area contributed by atoms with Gasteiger partial charge in [0.15, 0.2) is 5.69 Å². The van der Waals surface area contributed by atoms with E-state index in [1.165, 1.54) is 16.0 Å². The molecular formula is C15H18ClN3O3S. The van der Waals surface area contributed by atoms with Crippen molar-refractivity contribution in [3.63, 3.8) is 0 Å². The number of hydrogen-bond acceptors (Lipinski definition) is 5. The second kappa shape index (κ2) is 6.72. The lowest BCUT2D eigenvalue weighted by Crippen LogP contribution is -2.16. The van der Waals surface area contributed by atoms with Crippen molar-refractivity contribution in [3.05, 3.63) is 32.4 Å². The lowest BCUT2D eigenvalue weighted by Gasteiger charge is -2.06. The smallest absolute Gasteiger partial charge is 0.341 e. The summed E-state index contributed by atoms with van der Waals surface area (Å²) in [6.07, 6.45) is 0. The van der Waals surface area contributed by atoms with E-state index in [4.69, 9.17) is 16.3 Å². The van der Waals surface area contributed by atoms with Gasteiger partial charge in [0.25, 0.3) is 5.91 Å². The van der Waals surface area contributed by atoms with Crippen molar-refractivity contribution in [1.82, 2.24) is 9.78 Å². The molecule has 0 atom stereocenters. The quantitative estimate of drug-likeness (QED) is 0.852. The minimum atomic E-state index is -0.453. The van der Waals surface area contributed by atoms with E-state index in [0.717, 1.165) is 10.4 Å². The topological polar surface area (TPSA) is 73.2 Å². The molecule has 0 fully saturated rings. The summed E-state index contributed by atoms with van der Waals surface area (Å²) in [6, 6.07) is 0. The van der Waals surface area contributed by atoms with Crippen molar-refractivity contribution in [1.29, 1.82) is 0 Å².